The number of carbonyl (C=O) groups excluding carboxylic acids is 1. The predicted octanol–water partition coefficient (Wildman–Crippen LogP) is 1.62. The Morgan fingerprint density at radius 3 is 3.13 bits per heavy atom. The molecular weight excluding hydrogens is 214 g/mol. The van der Waals surface area contributed by atoms with Crippen LogP contribution in [-0.4, -0.2) is 17.4 Å². The number of pyridine rings is 1. The second kappa shape index (κ2) is 5.32. The molecule has 0 spiro atoms. The van der Waals surface area contributed by atoms with Gasteiger partial charge in [0.05, 0.1) is 12.0 Å². The van der Waals surface area contributed by atoms with Gasteiger partial charge in [0.2, 0.25) is 0 Å². The van der Waals surface area contributed by atoms with Gasteiger partial charge in [-0.05, 0) is 19.1 Å². The lowest BCUT2D eigenvalue weighted by Crippen LogP contribution is -2.27. The summed E-state index contributed by atoms with van der Waals surface area (Å²) in [5.41, 5.74) is 0.445. The molecule has 1 amide bonds. The first-order valence-corrected chi connectivity index (χ1v) is 4.80. The largest absolute Gasteiger partial charge is 0.351 e. The van der Waals surface area contributed by atoms with E-state index in [4.69, 9.17) is 16.9 Å². The highest BCUT2D eigenvalue weighted by Crippen LogP contribution is 2.06. The van der Waals surface area contributed by atoms with Gasteiger partial charge in [-0.2, -0.15) is 5.26 Å². The highest BCUT2D eigenvalue weighted by atomic mass is 35.5. The average molecular weight is 224 g/mol. The molecule has 0 aliphatic rings. The topological polar surface area (TPSA) is 65.8 Å². The number of nitrogens with zero attached hydrogens (tertiary/aromatic N) is 2. The molecule has 1 N–H and O–H groups in total. The van der Waals surface area contributed by atoms with Crippen LogP contribution in [0.5, 0.6) is 0 Å². The lowest BCUT2D eigenvalue weighted by molar-refractivity contribution is 0.0950. The third-order valence-corrected chi connectivity index (χ3v) is 1.98. The first-order valence-electron chi connectivity index (χ1n) is 4.43. The number of halogens is 1. The van der Waals surface area contributed by atoms with Crippen molar-refractivity contribution in [2.75, 3.05) is 6.54 Å². The van der Waals surface area contributed by atoms with Gasteiger partial charge in [0.25, 0.3) is 5.91 Å². The minimum Gasteiger partial charge on any atom is -0.351 e. The molecule has 0 saturated carbocycles. The Morgan fingerprint density at radius 2 is 2.53 bits per heavy atom. The lowest BCUT2D eigenvalue weighted by atomic mass is 10.2. The number of nitriles is 1. The van der Waals surface area contributed by atoms with E-state index in [0.29, 0.717) is 12.1 Å². The number of rotatable bonds is 3. The van der Waals surface area contributed by atoms with E-state index in [-0.39, 0.29) is 17.0 Å². The molecule has 1 unspecified atom stereocenters. The van der Waals surface area contributed by atoms with Gasteiger partial charge in [0.1, 0.15) is 5.15 Å². The summed E-state index contributed by atoms with van der Waals surface area (Å²) in [6.07, 6.45) is 1.46. The molecule has 0 radical (unpaired) electrons. The number of hydrogen-bond acceptors (Lipinski definition) is 3. The number of carbonyl (C=O) groups is 1. The van der Waals surface area contributed by atoms with Crippen molar-refractivity contribution >= 4 is 17.5 Å². The minimum atomic E-state index is -0.249. The highest BCUT2D eigenvalue weighted by Gasteiger charge is 2.07. The van der Waals surface area contributed by atoms with E-state index >= 15 is 0 Å². The van der Waals surface area contributed by atoms with Crippen LogP contribution in [0, 0.1) is 17.2 Å². The quantitative estimate of drug-likeness (QED) is 0.792. The van der Waals surface area contributed by atoms with Crippen LogP contribution in [0.2, 0.25) is 5.15 Å². The van der Waals surface area contributed by atoms with Crippen molar-refractivity contribution in [3.05, 3.63) is 29.0 Å². The molecule has 0 fully saturated rings. The Hall–Kier alpha value is -1.60. The molecule has 78 valence electrons. The van der Waals surface area contributed by atoms with Crippen molar-refractivity contribution in [3.63, 3.8) is 0 Å². The minimum absolute atomic E-state index is 0.203. The van der Waals surface area contributed by atoms with E-state index in [0.717, 1.165) is 0 Å². The number of nitrogens with one attached hydrogen (secondary N) is 1. The molecule has 0 bridgehead atoms. The normalized spacial score (nSPS) is 11.5. The molecule has 1 aromatic rings. The summed E-state index contributed by atoms with van der Waals surface area (Å²) in [5, 5.41) is 11.4. The molecule has 0 saturated heterocycles. The molecule has 0 aliphatic heterocycles. The van der Waals surface area contributed by atoms with Crippen LogP contribution >= 0.6 is 11.6 Å². The van der Waals surface area contributed by atoms with Gasteiger partial charge < -0.3 is 5.32 Å². The maximum absolute atomic E-state index is 11.5. The maximum atomic E-state index is 11.5. The van der Waals surface area contributed by atoms with Crippen LogP contribution < -0.4 is 5.32 Å². The lowest BCUT2D eigenvalue weighted by Gasteiger charge is -2.05. The van der Waals surface area contributed by atoms with Gasteiger partial charge in [0.15, 0.2) is 0 Å². The summed E-state index contributed by atoms with van der Waals surface area (Å²) < 4.78 is 0. The van der Waals surface area contributed by atoms with Gasteiger partial charge in [-0.1, -0.05) is 11.6 Å². The zero-order valence-corrected chi connectivity index (χ0v) is 8.95. The van der Waals surface area contributed by atoms with Crippen molar-refractivity contribution in [1.29, 1.82) is 5.26 Å². The second-order valence-electron chi connectivity index (χ2n) is 3.11. The SMILES string of the molecule is CC(C#N)CNC(=O)c1ccnc(Cl)c1. The Kier molecular flexibility index (Phi) is 4.07. The average Bonchev–Trinajstić information content (AvgIpc) is 2.25. The van der Waals surface area contributed by atoms with Gasteiger partial charge in [0, 0.05) is 18.3 Å². The van der Waals surface area contributed by atoms with Crippen LogP contribution in [0.1, 0.15) is 17.3 Å². The van der Waals surface area contributed by atoms with Gasteiger partial charge >= 0.3 is 0 Å². The van der Waals surface area contributed by atoms with Crippen LogP contribution in [0.25, 0.3) is 0 Å². The summed E-state index contributed by atoms with van der Waals surface area (Å²) in [4.78, 5) is 15.3. The van der Waals surface area contributed by atoms with Crippen molar-refractivity contribution in [2.45, 2.75) is 6.92 Å². The fourth-order valence-electron chi connectivity index (χ4n) is 0.937. The molecule has 5 heteroatoms. The Labute approximate surface area is 92.9 Å². The van der Waals surface area contributed by atoms with Gasteiger partial charge in [-0.25, -0.2) is 4.98 Å². The molecule has 0 aromatic carbocycles. The maximum Gasteiger partial charge on any atom is 0.251 e. The Bertz CT molecular complexity index is 400. The van der Waals surface area contributed by atoms with E-state index in [2.05, 4.69) is 10.3 Å². The summed E-state index contributed by atoms with van der Waals surface area (Å²) in [7, 11) is 0. The van der Waals surface area contributed by atoms with Crippen molar-refractivity contribution in [1.82, 2.24) is 10.3 Å². The fourth-order valence-corrected chi connectivity index (χ4v) is 1.11. The molecule has 1 rings (SSSR count). The standard InChI is InChI=1S/C10H10ClN3O/c1-7(5-12)6-14-10(15)8-2-3-13-9(11)4-8/h2-4,7H,6H2,1H3,(H,14,15). The molecule has 4 nitrogen and oxygen atoms in total. The van der Waals surface area contributed by atoms with E-state index in [9.17, 15) is 4.79 Å². The van der Waals surface area contributed by atoms with E-state index in [1.165, 1.54) is 12.3 Å². The summed E-state index contributed by atoms with van der Waals surface area (Å²) in [5.74, 6) is -0.451. The van der Waals surface area contributed by atoms with Gasteiger partial charge in [-0.15, -0.1) is 0 Å². The second-order valence-corrected chi connectivity index (χ2v) is 3.49. The molecule has 1 heterocycles. The smallest absolute Gasteiger partial charge is 0.251 e. The third-order valence-electron chi connectivity index (χ3n) is 1.78. The third kappa shape index (κ3) is 3.56. The zero-order valence-electron chi connectivity index (χ0n) is 8.20. The molecule has 1 atom stereocenters. The summed E-state index contributed by atoms with van der Waals surface area (Å²) in [6, 6.07) is 5.08. The van der Waals surface area contributed by atoms with Crippen LogP contribution in [-0.2, 0) is 0 Å². The first kappa shape index (κ1) is 11.5. The summed E-state index contributed by atoms with van der Waals surface area (Å²) in [6.45, 7) is 2.06. The number of aromatic nitrogens is 1. The predicted molar refractivity (Wildman–Crippen MR) is 56.4 cm³/mol. The first-order chi connectivity index (χ1) is 7.13. The van der Waals surface area contributed by atoms with E-state index in [1.54, 1.807) is 13.0 Å². The number of amides is 1. The highest BCUT2D eigenvalue weighted by molar-refractivity contribution is 6.29. The van der Waals surface area contributed by atoms with Crippen molar-refractivity contribution < 1.29 is 4.79 Å². The Morgan fingerprint density at radius 1 is 1.80 bits per heavy atom. The monoisotopic (exact) mass is 223 g/mol. The van der Waals surface area contributed by atoms with Crippen LogP contribution in [0.3, 0.4) is 0 Å². The molecule has 15 heavy (non-hydrogen) atoms. The molecular formula is C10H10ClN3O. The summed E-state index contributed by atoms with van der Waals surface area (Å²) >= 11 is 5.64. The fraction of sp³-hybridized carbons (Fsp3) is 0.300. The van der Waals surface area contributed by atoms with Crippen molar-refractivity contribution in [2.24, 2.45) is 5.92 Å². The molecule has 1 aromatic heterocycles. The van der Waals surface area contributed by atoms with Crippen LogP contribution in [0.4, 0.5) is 0 Å². The molecule has 0 aliphatic carbocycles. The number of hydrogen-bond donors (Lipinski definition) is 1. The van der Waals surface area contributed by atoms with E-state index in [1.807, 2.05) is 6.07 Å². The zero-order chi connectivity index (χ0) is 11.3. The van der Waals surface area contributed by atoms with E-state index < -0.39 is 0 Å². The van der Waals surface area contributed by atoms with Crippen molar-refractivity contribution in [3.8, 4) is 6.07 Å². The van der Waals surface area contributed by atoms with Crippen LogP contribution in [0.15, 0.2) is 18.3 Å². The van der Waals surface area contributed by atoms with Gasteiger partial charge in [-0.3, -0.25) is 4.79 Å². The Balaban J connectivity index is 2.59.